The van der Waals surface area contributed by atoms with Crippen LogP contribution >= 0.6 is 24.8 Å². The van der Waals surface area contributed by atoms with E-state index in [1.54, 1.807) is 0 Å². The zero-order chi connectivity index (χ0) is 18.2. The van der Waals surface area contributed by atoms with Crippen LogP contribution in [0.4, 0.5) is 0 Å². The number of hydrogen-bond donors (Lipinski definition) is 2. The van der Waals surface area contributed by atoms with Gasteiger partial charge in [-0.25, -0.2) is 0 Å². The number of nitrogens with zero attached hydrogens (tertiary/aromatic N) is 1. The molecule has 2 atom stereocenters. The van der Waals surface area contributed by atoms with Crippen LogP contribution in [0.5, 0.6) is 0 Å². The molecule has 0 spiro atoms. The van der Waals surface area contributed by atoms with Gasteiger partial charge in [0.15, 0.2) is 0 Å². The predicted molar refractivity (Wildman–Crippen MR) is 119 cm³/mol. The number of benzene rings is 1. The summed E-state index contributed by atoms with van der Waals surface area (Å²) >= 11 is 0. The van der Waals surface area contributed by atoms with E-state index >= 15 is 0 Å². The van der Waals surface area contributed by atoms with Gasteiger partial charge in [-0.15, -0.1) is 24.8 Å². The minimum Gasteiger partial charge on any atom is -0.356 e. The average Bonchev–Trinajstić information content (AvgIpc) is 2.64. The highest BCUT2D eigenvalue weighted by Crippen LogP contribution is 2.20. The van der Waals surface area contributed by atoms with Crippen molar-refractivity contribution < 1.29 is 4.79 Å². The quantitative estimate of drug-likeness (QED) is 0.670. The molecular weight excluding hydrogens is 381 g/mol. The number of rotatable bonds is 8. The molecular formula is C21H37Cl2N3O. The number of carbonyl (C=O) groups excluding carboxylic acids is 1. The van der Waals surface area contributed by atoms with Crippen molar-refractivity contribution in [1.29, 1.82) is 0 Å². The SMILES string of the molecule is CC(C)CCN1CCC(CNC(=O)C(C)C(N)c2ccccc2)CC1.Cl.Cl. The van der Waals surface area contributed by atoms with Crippen molar-refractivity contribution >= 4 is 30.7 Å². The summed E-state index contributed by atoms with van der Waals surface area (Å²) in [6.45, 7) is 10.8. The van der Waals surface area contributed by atoms with Crippen molar-refractivity contribution in [1.82, 2.24) is 10.2 Å². The number of nitrogens with one attached hydrogen (secondary N) is 1. The van der Waals surface area contributed by atoms with Crippen molar-refractivity contribution in [2.24, 2.45) is 23.5 Å². The topological polar surface area (TPSA) is 58.4 Å². The van der Waals surface area contributed by atoms with Crippen LogP contribution in [0.25, 0.3) is 0 Å². The van der Waals surface area contributed by atoms with E-state index in [4.69, 9.17) is 5.73 Å². The number of amides is 1. The average molecular weight is 418 g/mol. The zero-order valence-corrected chi connectivity index (χ0v) is 18.5. The molecule has 2 rings (SSSR count). The molecule has 1 amide bonds. The number of likely N-dealkylation sites (tertiary alicyclic amines) is 1. The second-order valence-electron chi connectivity index (χ2n) is 7.94. The molecule has 1 aromatic carbocycles. The highest BCUT2D eigenvalue weighted by atomic mass is 35.5. The van der Waals surface area contributed by atoms with Gasteiger partial charge in [-0.3, -0.25) is 4.79 Å². The second-order valence-corrected chi connectivity index (χ2v) is 7.94. The lowest BCUT2D eigenvalue weighted by molar-refractivity contribution is -0.125. The Labute approximate surface area is 177 Å². The largest absolute Gasteiger partial charge is 0.356 e. The van der Waals surface area contributed by atoms with Gasteiger partial charge in [0.05, 0.1) is 5.92 Å². The van der Waals surface area contributed by atoms with Crippen LogP contribution < -0.4 is 11.1 Å². The van der Waals surface area contributed by atoms with Crippen LogP contribution in [0.15, 0.2) is 30.3 Å². The number of halogens is 2. The van der Waals surface area contributed by atoms with E-state index in [2.05, 4.69) is 24.1 Å². The third-order valence-corrected chi connectivity index (χ3v) is 5.43. The van der Waals surface area contributed by atoms with Crippen LogP contribution in [0.2, 0.25) is 0 Å². The summed E-state index contributed by atoms with van der Waals surface area (Å²) in [5, 5.41) is 3.13. The van der Waals surface area contributed by atoms with E-state index < -0.39 is 0 Å². The van der Waals surface area contributed by atoms with Crippen LogP contribution in [-0.4, -0.2) is 37.0 Å². The summed E-state index contributed by atoms with van der Waals surface area (Å²) in [4.78, 5) is 15.0. The maximum Gasteiger partial charge on any atom is 0.224 e. The Morgan fingerprint density at radius 3 is 2.30 bits per heavy atom. The number of carbonyl (C=O) groups is 1. The first-order valence-electron chi connectivity index (χ1n) is 9.78. The third-order valence-electron chi connectivity index (χ3n) is 5.43. The number of hydrogen-bond acceptors (Lipinski definition) is 3. The normalized spacial score (nSPS) is 17.5. The maximum atomic E-state index is 12.4. The Morgan fingerprint density at radius 2 is 1.74 bits per heavy atom. The molecule has 1 saturated heterocycles. The Kier molecular flexibility index (Phi) is 13.0. The molecule has 1 aromatic rings. The summed E-state index contributed by atoms with van der Waals surface area (Å²) in [7, 11) is 0. The molecule has 27 heavy (non-hydrogen) atoms. The number of nitrogens with two attached hydrogens (primary N) is 1. The molecule has 2 unspecified atom stereocenters. The number of piperidine rings is 1. The molecule has 0 radical (unpaired) electrons. The molecule has 1 aliphatic heterocycles. The Bertz CT molecular complexity index is 519. The summed E-state index contributed by atoms with van der Waals surface area (Å²) in [5.41, 5.74) is 7.27. The molecule has 1 fully saturated rings. The molecule has 0 aromatic heterocycles. The predicted octanol–water partition coefficient (Wildman–Crippen LogP) is 4.04. The Balaban J connectivity index is 0.00000338. The molecule has 4 nitrogen and oxygen atoms in total. The summed E-state index contributed by atoms with van der Waals surface area (Å²) in [6.07, 6.45) is 3.63. The van der Waals surface area contributed by atoms with Crippen molar-refractivity contribution in [2.45, 2.75) is 46.1 Å². The summed E-state index contributed by atoms with van der Waals surface area (Å²) < 4.78 is 0. The minimum atomic E-state index is -0.251. The van der Waals surface area contributed by atoms with Gasteiger partial charge in [-0.05, 0) is 56.3 Å². The summed E-state index contributed by atoms with van der Waals surface area (Å²) in [6, 6.07) is 9.62. The fourth-order valence-electron chi connectivity index (χ4n) is 3.39. The van der Waals surface area contributed by atoms with E-state index in [9.17, 15) is 4.79 Å². The van der Waals surface area contributed by atoms with Gasteiger partial charge in [0, 0.05) is 12.6 Å². The lowest BCUT2D eigenvalue weighted by Gasteiger charge is -2.32. The highest BCUT2D eigenvalue weighted by molar-refractivity contribution is 5.85. The van der Waals surface area contributed by atoms with Crippen LogP contribution in [0, 0.1) is 17.8 Å². The van der Waals surface area contributed by atoms with Gasteiger partial charge in [0.25, 0.3) is 0 Å². The lowest BCUT2D eigenvalue weighted by atomic mass is 9.93. The standard InChI is InChI=1S/C21H35N3O.2ClH/c1-16(2)9-12-24-13-10-18(11-14-24)15-23-21(25)17(3)20(22)19-7-5-4-6-8-19;;/h4-8,16-18,20H,9-15,22H2,1-3H3,(H,23,25);2*1H. The Morgan fingerprint density at radius 1 is 1.15 bits per heavy atom. The van der Waals surface area contributed by atoms with Crippen LogP contribution in [0.1, 0.15) is 51.6 Å². The molecule has 6 heteroatoms. The van der Waals surface area contributed by atoms with Crippen molar-refractivity contribution in [3.05, 3.63) is 35.9 Å². The van der Waals surface area contributed by atoms with E-state index in [1.165, 1.54) is 25.8 Å². The van der Waals surface area contributed by atoms with Gasteiger partial charge in [0.1, 0.15) is 0 Å². The minimum absolute atomic E-state index is 0. The second kappa shape index (κ2) is 13.4. The van der Waals surface area contributed by atoms with Crippen molar-refractivity contribution in [2.75, 3.05) is 26.2 Å². The van der Waals surface area contributed by atoms with E-state index in [1.807, 2.05) is 37.3 Å². The zero-order valence-electron chi connectivity index (χ0n) is 16.9. The first-order valence-corrected chi connectivity index (χ1v) is 9.78. The first-order chi connectivity index (χ1) is 12.0. The Hall–Kier alpha value is -0.810. The third kappa shape index (κ3) is 8.82. The van der Waals surface area contributed by atoms with E-state index in [-0.39, 0.29) is 42.7 Å². The van der Waals surface area contributed by atoms with Gasteiger partial charge >= 0.3 is 0 Å². The molecule has 1 heterocycles. The van der Waals surface area contributed by atoms with Gasteiger partial charge in [-0.1, -0.05) is 51.1 Å². The highest BCUT2D eigenvalue weighted by Gasteiger charge is 2.24. The fraction of sp³-hybridized carbons (Fsp3) is 0.667. The lowest BCUT2D eigenvalue weighted by Crippen LogP contribution is -2.41. The van der Waals surface area contributed by atoms with E-state index in [0.717, 1.165) is 31.1 Å². The van der Waals surface area contributed by atoms with Crippen LogP contribution in [-0.2, 0) is 4.79 Å². The van der Waals surface area contributed by atoms with Gasteiger partial charge in [-0.2, -0.15) is 0 Å². The van der Waals surface area contributed by atoms with Crippen molar-refractivity contribution in [3.63, 3.8) is 0 Å². The monoisotopic (exact) mass is 417 g/mol. The van der Waals surface area contributed by atoms with Gasteiger partial charge in [0.2, 0.25) is 5.91 Å². The van der Waals surface area contributed by atoms with Gasteiger partial charge < -0.3 is 16.0 Å². The first kappa shape index (κ1) is 26.2. The van der Waals surface area contributed by atoms with Crippen molar-refractivity contribution in [3.8, 4) is 0 Å². The molecule has 1 aliphatic rings. The molecule has 0 bridgehead atoms. The maximum absolute atomic E-state index is 12.4. The van der Waals surface area contributed by atoms with Crippen LogP contribution in [0.3, 0.4) is 0 Å². The smallest absolute Gasteiger partial charge is 0.224 e. The van der Waals surface area contributed by atoms with E-state index in [0.29, 0.717) is 5.92 Å². The molecule has 156 valence electrons. The fourth-order valence-corrected chi connectivity index (χ4v) is 3.39. The molecule has 0 saturated carbocycles. The summed E-state index contributed by atoms with van der Waals surface area (Å²) in [5.74, 6) is 1.22. The molecule has 0 aliphatic carbocycles. The molecule has 3 N–H and O–H groups in total.